The van der Waals surface area contributed by atoms with Crippen LogP contribution in [0.25, 0.3) is 0 Å². The van der Waals surface area contributed by atoms with Crippen molar-refractivity contribution in [3.8, 4) is 0 Å². The van der Waals surface area contributed by atoms with Gasteiger partial charge in [0.05, 0.1) is 5.41 Å². The highest BCUT2D eigenvalue weighted by atomic mass is 16.6. The van der Waals surface area contributed by atoms with Crippen molar-refractivity contribution in [1.29, 1.82) is 0 Å². The molecule has 0 aliphatic carbocycles. The van der Waals surface area contributed by atoms with Crippen LogP contribution in [-0.4, -0.2) is 49.7 Å². The molecule has 1 aromatic carbocycles. The van der Waals surface area contributed by atoms with Gasteiger partial charge in [0.1, 0.15) is 6.10 Å². The molecule has 3 saturated heterocycles. The molecule has 3 heterocycles. The molecule has 0 bridgehead atoms. The van der Waals surface area contributed by atoms with E-state index in [0.717, 1.165) is 44.1 Å². The number of ether oxygens (including phenoxy) is 1. The Bertz CT molecular complexity index is 671. The van der Waals surface area contributed by atoms with E-state index in [2.05, 4.69) is 54.8 Å². The van der Waals surface area contributed by atoms with E-state index < -0.39 is 0 Å². The Balaban J connectivity index is 1.26. The van der Waals surface area contributed by atoms with Gasteiger partial charge in [-0.25, -0.2) is 0 Å². The summed E-state index contributed by atoms with van der Waals surface area (Å²) in [6.45, 7) is 12.2. The largest absolute Gasteiger partial charge is 0.462 e. The second-order valence-electron chi connectivity index (χ2n) is 9.03. The predicted molar refractivity (Wildman–Crippen MR) is 109 cm³/mol. The van der Waals surface area contributed by atoms with E-state index >= 15 is 0 Å². The first-order valence-electron chi connectivity index (χ1n) is 10.8. The van der Waals surface area contributed by atoms with Gasteiger partial charge in [0.2, 0.25) is 0 Å². The van der Waals surface area contributed by atoms with E-state index in [4.69, 9.17) is 4.74 Å². The third kappa shape index (κ3) is 3.61. The average molecular weight is 371 g/mol. The number of cyclic esters (lactones) is 1. The van der Waals surface area contributed by atoms with Crippen LogP contribution in [0.2, 0.25) is 0 Å². The molecule has 0 spiro atoms. The lowest BCUT2D eigenvalue weighted by molar-refractivity contribution is -0.149. The molecule has 0 aromatic heterocycles. The number of benzene rings is 1. The van der Waals surface area contributed by atoms with Gasteiger partial charge in [-0.1, -0.05) is 26.0 Å². The van der Waals surface area contributed by atoms with Crippen LogP contribution in [0.3, 0.4) is 0 Å². The highest BCUT2D eigenvalue weighted by Crippen LogP contribution is 2.41. The molecule has 3 fully saturated rings. The van der Waals surface area contributed by atoms with Gasteiger partial charge in [-0.05, 0) is 55.7 Å². The van der Waals surface area contributed by atoms with Crippen LogP contribution in [0, 0.1) is 24.2 Å². The molecule has 0 amide bonds. The standard InChI is InChI=1S/C23H34N2O2/c1-4-23(5-2)12-21(27-22(23)26)9-10-24-13-18-15-25(16-19(18)14-24)20-8-6-7-17(3)11-20/h6-8,11,18-19,21H,4-5,9-10,12-16H2,1-3H3/t18?,19?,21-/m1/s1. The zero-order chi connectivity index (χ0) is 19.0. The zero-order valence-corrected chi connectivity index (χ0v) is 17.1. The summed E-state index contributed by atoms with van der Waals surface area (Å²) >= 11 is 0. The smallest absolute Gasteiger partial charge is 0.312 e. The lowest BCUT2D eigenvalue weighted by atomic mass is 9.79. The third-order valence-electron chi connectivity index (χ3n) is 7.37. The lowest BCUT2D eigenvalue weighted by Crippen LogP contribution is -2.30. The SMILES string of the molecule is CCC1(CC)C[C@@H](CCN2CC3CN(c4cccc(C)c4)CC3C2)OC1=O. The van der Waals surface area contributed by atoms with Crippen molar-refractivity contribution in [1.82, 2.24) is 4.90 Å². The number of aryl methyl sites for hydroxylation is 1. The highest BCUT2D eigenvalue weighted by Gasteiger charge is 2.46. The summed E-state index contributed by atoms with van der Waals surface area (Å²) in [6.07, 6.45) is 3.85. The van der Waals surface area contributed by atoms with E-state index in [1.165, 1.54) is 37.4 Å². The van der Waals surface area contributed by atoms with Crippen molar-refractivity contribution in [3.63, 3.8) is 0 Å². The molecule has 3 aliphatic heterocycles. The maximum atomic E-state index is 12.3. The fourth-order valence-electron chi connectivity index (χ4n) is 5.46. The van der Waals surface area contributed by atoms with Gasteiger partial charge in [0.25, 0.3) is 0 Å². The Morgan fingerprint density at radius 3 is 2.41 bits per heavy atom. The van der Waals surface area contributed by atoms with Crippen LogP contribution in [-0.2, 0) is 9.53 Å². The fourth-order valence-corrected chi connectivity index (χ4v) is 5.46. The van der Waals surface area contributed by atoms with Gasteiger partial charge in [-0.15, -0.1) is 0 Å². The van der Waals surface area contributed by atoms with E-state index in [0.29, 0.717) is 0 Å². The summed E-state index contributed by atoms with van der Waals surface area (Å²) in [7, 11) is 0. The minimum Gasteiger partial charge on any atom is -0.462 e. The van der Waals surface area contributed by atoms with Crippen molar-refractivity contribution in [3.05, 3.63) is 29.8 Å². The number of anilines is 1. The van der Waals surface area contributed by atoms with Crippen LogP contribution >= 0.6 is 0 Å². The summed E-state index contributed by atoms with van der Waals surface area (Å²) in [5.41, 5.74) is 2.51. The van der Waals surface area contributed by atoms with Gasteiger partial charge in [-0.2, -0.15) is 0 Å². The molecule has 27 heavy (non-hydrogen) atoms. The zero-order valence-electron chi connectivity index (χ0n) is 17.1. The van der Waals surface area contributed by atoms with Gasteiger partial charge in [0, 0.05) is 44.8 Å². The Morgan fingerprint density at radius 2 is 1.81 bits per heavy atom. The number of rotatable bonds is 6. The molecule has 1 aromatic rings. The highest BCUT2D eigenvalue weighted by molar-refractivity contribution is 5.78. The second-order valence-corrected chi connectivity index (χ2v) is 9.03. The van der Waals surface area contributed by atoms with E-state index in [1.807, 2.05) is 0 Å². The molecule has 4 nitrogen and oxygen atoms in total. The predicted octanol–water partition coefficient (Wildman–Crippen LogP) is 3.88. The molecule has 0 radical (unpaired) electrons. The van der Waals surface area contributed by atoms with Crippen LogP contribution in [0.1, 0.15) is 45.1 Å². The van der Waals surface area contributed by atoms with Crippen molar-refractivity contribution in [2.75, 3.05) is 37.6 Å². The molecule has 3 aliphatic rings. The normalized spacial score (nSPS) is 30.0. The fraction of sp³-hybridized carbons (Fsp3) is 0.696. The molecular formula is C23H34N2O2. The molecule has 3 atom stereocenters. The van der Waals surface area contributed by atoms with E-state index in [9.17, 15) is 4.79 Å². The molecular weight excluding hydrogens is 336 g/mol. The molecule has 0 N–H and O–H groups in total. The molecule has 4 rings (SSSR count). The minimum atomic E-state index is -0.208. The molecule has 2 unspecified atom stereocenters. The van der Waals surface area contributed by atoms with Crippen molar-refractivity contribution >= 4 is 11.7 Å². The molecule has 148 valence electrons. The first-order chi connectivity index (χ1) is 13.0. The number of hydrogen-bond acceptors (Lipinski definition) is 4. The summed E-state index contributed by atoms with van der Waals surface area (Å²) < 4.78 is 5.73. The van der Waals surface area contributed by atoms with Crippen molar-refractivity contribution < 1.29 is 9.53 Å². The topological polar surface area (TPSA) is 32.8 Å². The first-order valence-corrected chi connectivity index (χ1v) is 10.8. The Kier molecular flexibility index (Phi) is 5.19. The van der Waals surface area contributed by atoms with Gasteiger partial charge >= 0.3 is 5.97 Å². The number of carbonyl (C=O) groups excluding carboxylic acids is 1. The maximum absolute atomic E-state index is 12.3. The monoisotopic (exact) mass is 370 g/mol. The number of esters is 1. The summed E-state index contributed by atoms with van der Waals surface area (Å²) in [4.78, 5) is 17.4. The van der Waals surface area contributed by atoms with E-state index in [1.54, 1.807) is 0 Å². The molecule has 0 saturated carbocycles. The lowest BCUT2D eigenvalue weighted by Gasteiger charge is -2.24. The average Bonchev–Trinajstić information content (AvgIpc) is 3.31. The summed E-state index contributed by atoms with van der Waals surface area (Å²) in [5.74, 6) is 1.61. The van der Waals surface area contributed by atoms with Crippen molar-refractivity contribution in [2.24, 2.45) is 17.3 Å². The van der Waals surface area contributed by atoms with Crippen molar-refractivity contribution in [2.45, 2.75) is 52.6 Å². The van der Waals surface area contributed by atoms with Gasteiger partial charge < -0.3 is 14.5 Å². The van der Waals surface area contributed by atoms with Crippen LogP contribution < -0.4 is 4.90 Å². The van der Waals surface area contributed by atoms with E-state index in [-0.39, 0.29) is 17.5 Å². The Labute approximate surface area is 163 Å². The first kappa shape index (κ1) is 18.8. The second kappa shape index (κ2) is 7.46. The van der Waals surface area contributed by atoms with Gasteiger partial charge in [0.15, 0.2) is 0 Å². The Hall–Kier alpha value is -1.55. The number of hydrogen-bond donors (Lipinski definition) is 0. The third-order valence-corrected chi connectivity index (χ3v) is 7.37. The quantitative estimate of drug-likeness (QED) is 0.712. The van der Waals surface area contributed by atoms with Gasteiger partial charge in [-0.3, -0.25) is 4.79 Å². The van der Waals surface area contributed by atoms with Crippen LogP contribution in [0.15, 0.2) is 24.3 Å². The molecule has 4 heteroatoms. The maximum Gasteiger partial charge on any atom is 0.312 e. The van der Waals surface area contributed by atoms with Crippen LogP contribution in [0.5, 0.6) is 0 Å². The minimum absolute atomic E-state index is 0.0459. The number of nitrogens with zero attached hydrogens (tertiary/aromatic N) is 2. The van der Waals surface area contributed by atoms with Crippen LogP contribution in [0.4, 0.5) is 5.69 Å². The number of fused-ring (bicyclic) bond motifs is 1. The summed E-state index contributed by atoms with van der Waals surface area (Å²) in [6, 6.07) is 8.89. The number of carbonyl (C=O) groups is 1. The number of likely N-dealkylation sites (tertiary alicyclic amines) is 1. The Morgan fingerprint density at radius 1 is 1.11 bits per heavy atom. The summed E-state index contributed by atoms with van der Waals surface area (Å²) in [5, 5.41) is 0.